The van der Waals surface area contributed by atoms with E-state index in [9.17, 15) is 0 Å². The molecule has 0 heterocycles. The van der Waals surface area contributed by atoms with E-state index in [-0.39, 0.29) is 75.5 Å². The zero-order chi connectivity index (χ0) is 8.04. The van der Waals surface area contributed by atoms with Crippen LogP contribution in [0.1, 0.15) is 26.2 Å². The number of unbranched alkanes of at least 4 members (excludes halogenated alkanes) is 2. The van der Waals surface area contributed by atoms with Crippen molar-refractivity contribution in [1.29, 1.82) is 0 Å². The summed E-state index contributed by atoms with van der Waals surface area (Å²) in [6, 6.07) is 0. The number of hydrogen-bond acceptors (Lipinski definition) is 4. The van der Waals surface area contributed by atoms with Crippen molar-refractivity contribution in [3.8, 4) is 0 Å². The second-order valence-corrected chi connectivity index (χ2v) is 3.57. The molecule has 0 aromatic carbocycles. The second-order valence-electron chi connectivity index (χ2n) is 2.13. The van der Waals surface area contributed by atoms with Crippen LogP contribution in [0.25, 0.3) is 0 Å². The maximum atomic E-state index is 8.34. The Morgan fingerprint density at radius 1 is 1.18 bits per heavy atom. The van der Waals surface area contributed by atoms with Crippen molar-refractivity contribution >= 4 is 77.9 Å². The summed E-state index contributed by atoms with van der Waals surface area (Å²) < 4.78 is 4.34. The minimum atomic E-state index is -4.21. The molecule has 0 atom stereocenters. The third-order valence-corrected chi connectivity index (χ3v) is 1.64. The van der Waals surface area contributed by atoms with Gasteiger partial charge in [0.1, 0.15) is 0 Å². The molecule has 3 N–H and O–H groups in total. The Morgan fingerprint density at radius 3 is 2.09 bits per heavy atom. The first kappa shape index (κ1) is 15.6. The fourth-order valence-electron chi connectivity index (χ4n) is 0.561. The van der Waals surface area contributed by atoms with Crippen molar-refractivity contribution in [2.45, 2.75) is 26.2 Å². The quantitative estimate of drug-likeness (QED) is 0.448. The molecular formula is C5H15CsO4Si. The second kappa shape index (κ2) is 8.70. The van der Waals surface area contributed by atoms with Gasteiger partial charge in [-0.1, -0.05) is 19.8 Å². The Labute approximate surface area is 127 Å². The Balaban J connectivity index is 0. The van der Waals surface area contributed by atoms with Gasteiger partial charge in [-0.3, -0.25) is 0 Å². The van der Waals surface area contributed by atoms with Crippen molar-refractivity contribution < 1.29 is 18.8 Å². The summed E-state index contributed by atoms with van der Waals surface area (Å²) in [5, 5.41) is 0. The fraction of sp³-hybridized carbons (Fsp3) is 1.00. The van der Waals surface area contributed by atoms with Crippen LogP contribution in [-0.4, -0.2) is 98.9 Å². The van der Waals surface area contributed by atoms with Crippen LogP contribution in [0.5, 0.6) is 0 Å². The average Bonchev–Trinajstić information content (AvgIpc) is 1.78. The van der Waals surface area contributed by atoms with Crippen molar-refractivity contribution in [2.24, 2.45) is 0 Å². The third-order valence-electron chi connectivity index (χ3n) is 1.04. The van der Waals surface area contributed by atoms with Crippen LogP contribution < -0.4 is 0 Å². The molecule has 11 heavy (non-hydrogen) atoms. The van der Waals surface area contributed by atoms with Crippen LogP contribution >= 0.6 is 0 Å². The summed E-state index contributed by atoms with van der Waals surface area (Å²) in [7, 11) is -4.21. The molecule has 0 fully saturated rings. The first-order valence-electron chi connectivity index (χ1n) is 3.37. The third kappa shape index (κ3) is 14.9. The fourth-order valence-corrected chi connectivity index (χ4v) is 0.979. The van der Waals surface area contributed by atoms with Gasteiger partial charge in [0.15, 0.2) is 0 Å². The molecule has 0 rings (SSSR count). The van der Waals surface area contributed by atoms with Gasteiger partial charge >= 0.3 is 77.9 Å². The molecule has 6 heteroatoms. The summed E-state index contributed by atoms with van der Waals surface area (Å²) in [5.74, 6) is 0. The molecular weight excluding hydrogens is 285 g/mol. The zero-order valence-corrected chi connectivity index (χ0v) is 7.08. The van der Waals surface area contributed by atoms with Crippen LogP contribution in [-0.2, 0) is 4.43 Å². The van der Waals surface area contributed by atoms with E-state index < -0.39 is 9.05 Å². The Morgan fingerprint density at radius 2 is 1.73 bits per heavy atom. The molecule has 0 aromatic rings. The monoisotopic (exact) mass is 300 g/mol. The topological polar surface area (TPSA) is 69.9 Å². The van der Waals surface area contributed by atoms with Crippen molar-refractivity contribution in [3.05, 3.63) is 0 Å². The molecule has 0 spiro atoms. The SMILES string of the molecule is CCCCCO[Si](O)(O)O.[CsH]. The standard InChI is InChI=1S/C5H14O4Si.Cs.H/c1-2-3-4-5-9-10(6,7)8;;/h6-8H,2-5H2,1H3;;. The Kier molecular flexibility index (Phi) is 12.3. The summed E-state index contributed by atoms with van der Waals surface area (Å²) in [4.78, 5) is 25.0. The summed E-state index contributed by atoms with van der Waals surface area (Å²) in [6.45, 7) is 2.26. The van der Waals surface area contributed by atoms with Crippen LogP contribution in [0.4, 0.5) is 0 Å². The van der Waals surface area contributed by atoms with Gasteiger partial charge < -0.3 is 18.8 Å². The van der Waals surface area contributed by atoms with Crippen LogP contribution in [0, 0.1) is 0 Å². The molecule has 0 aromatic heterocycles. The van der Waals surface area contributed by atoms with Crippen LogP contribution in [0.2, 0.25) is 0 Å². The predicted molar refractivity (Wildman–Crippen MR) is 45.0 cm³/mol. The average molecular weight is 300 g/mol. The van der Waals surface area contributed by atoms with Gasteiger partial charge in [-0.15, -0.1) is 0 Å². The molecule has 0 aliphatic rings. The van der Waals surface area contributed by atoms with E-state index in [4.69, 9.17) is 14.4 Å². The van der Waals surface area contributed by atoms with Crippen LogP contribution in [0.3, 0.4) is 0 Å². The predicted octanol–water partition coefficient (Wildman–Crippen LogP) is -1.04. The summed E-state index contributed by atoms with van der Waals surface area (Å²) >= 11 is 0. The van der Waals surface area contributed by atoms with Crippen LogP contribution in [0.15, 0.2) is 0 Å². The molecule has 0 aliphatic heterocycles. The minimum absolute atomic E-state index is 0. The maximum absolute atomic E-state index is 8.34. The van der Waals surface area contributed by atoms with E-state index in [1.807, 2.05) is 6.92 Å². The van der Waals surface area contributed by atoms with Gasteiger partial charge in [-0.25, -0.2) is 0 Å². The zero-order valence-electron chi connectivity index (χ0n) is 6.08. The van der Waals surface area contributed by atoms with E-state index in [1.54, 1.807) is 0 Å². The van der Waals surface area contributed by atoms with Crippen molar-refractivity contribution in [3.63, 3.8) is 0 Å². The van der Waals surface area contributed by atoms with E-state index in [1.165, 1.54) is 0 Å². The molecule has 0 saturated heterocycles. The van der Waals surface area contributed by atoms with Crippen molar-refractivity contribution in [2.75, 3.05) is 6.61 Å². The van der Waals surface area contributed by atoms with E-state index in [2.05, 4.69) is 4.43 Å². The number of rotatable bonds is 5. The molecule has 0 saturated carbocycles. The molecule has 4 nitrogen and oxygen atoms in total. The Hall–Kier alpha value is 2.11. The van der Waals surface area contributed by atoms with Gasteiger partial charge in [0.25, 0.3) is 0 Å². The van der Waals surface area contributed by atoms with Gasteiger partial charge in [0.05, 0.1) is 0 Å². The molecule has 0 aliphatic carbocycles. The molecule has 0 unspecified atom stereocenters. The van der Waals surface area contributed by atoms with Gasteiger partial charge in [-0.05, 0) is 6.42 Å². The van der Waals surface area contributed by atoms with Crippen molar-refractivity contribution in [1.82, 2.24) is 0 Å². The molecule has 64 valence electrons. The molecule has 0 radical (unpaired) electrons. The normalized spacial score (nSPS) is 10.9. The first-order chi connectivity index (χ1) is 4.56. The summed E-state index contributed by atoms with van der Waals surface area (Å²) in [6.07, 6.45) is 2.78. The van der Waals surface area contributed by atoms with E-state index >= 15 is 0 Å². The van der Waals surface area contributed by atoms with Gasteiger partial charge in [0.2, 0.25) is 0 Å². The molecule has 0 amide bonds. The summed E-state index contributed by atoms with van der Waals surface area (Å²) in [5.41, 5.74) is 0. The molecule has 0 bridgehead atoms. The van der Waals surface area contributed by atoms with E-state index in [0.29, 0.717) is 0 Å². The van der Waals surface area contributed by atoms with Gasteiger partial charge in [0, 0.05) is 6.61 Å². The van der Waals surface area contributed by atoms with E-state index in [0.717, 1.165) is 19.3 Å². The number of hydrogen-bond donors (Lipinski definition) is 3. The van der Waals surface area contributed by atoms with Gasteiger partial charge in [-0.2, -0.15) is 0 Å². The Bertz CT molecular complexity index is 85.0. The first-order valence-corrected chi connectivity index (χ1v) is 5.12.